The van der Waals surface area contributed by atoms with E-state index in [0.29, 0.717) is 6.67 Å². The summed E-state index contributed by atoms with van der Waals surface area (Å²) in [5.74, 6) is 0.942. The minimum absolute atomic E-state index is 0.682. The lowest BCUT2D eigenvalue weighted by Crippen LogP contribution is -2.33. The van der Waals surface area contributed by atoms with Crippen LogP contribution in [0.2, 0.25) is 0 Å². The van der Waals surface area contributed by atoms with Crippen LogP contribution in [0.25, 0.3) is 10.9 Å². The van der Waals surface area contributed by atoms with Gasteiger partial charge in [-0.25, -0.2) is 0 Å². The zero-order chi connectivity index (χ0) is 11.9. The van der Waals surface area contributed by atoms with Crippen LogP contribution in [0.5, 0.6) is 0 Å². The molecule has 2 aliphatic rings. The van der Waals surface area contributed by atoms with Crippen LogP contribution >= 0.6 is 0 Å². The fourth-order valence-corrected chi connectivity index (χ4v) is 2.21. The van der Waals surface area contributed by atoms with E-state index < -0.39 is 0 Å². The first kappa shape index (κ1) is 9.47. The molecule has 3 heterocycles. The Morgan fingerprint density at radius 3 is 3.00 bits per heavy atom. The predicted molar refractivity (Wildman–Crippen MR) is 70.4 cm³/mol. The number of para-hydroxylation sites is 1. The van der Waals surface area contributed by atoms with E-state index in [-0.39, 0.29) is 0 Å². The Hall–Kier alpha value is -2.56. The summed E-state index contributed by atoms with van der Waals surface area (Å²) in [5, 5.41) is 11.9. The van der Waals surface area contributed by atoms with Gasteiger partial charge in [0.05, 0.1) is 11.7 Å². The second kappa shape index (κ2) is 3.46. The van der Waals surface area contributed by atoms with Gasteiger partial charge in [0, 0.05) is 11.6 Å². The molecule has 0 bridgehead atoms. The smallest absolute Gasteiger partial charge is 0.156 e. The lowest BCUT2D eigenvalue weighted by Gasteiger charge is -2.17. The fraction of sp³-hybridized carbons (Fsp3) is 0.0769. The Balaban J connectivity index is 1.79. The van der Waals surface area contributed by atoms with E-state index in [1.165, 1.54) is 0 Å². The molecule has 1 aromatic heterocycles. The summed E-state index contributed by atoms with van der Waals surface area (Å²) in [7, 11) is 0. The Kier molecular flexibility index (Phi) is 1.82. The maximum Gasteiger partial charge on any atom is 0.156 e. The summed E-state index contributed by atoms with van der Waals surface area (Å²) < 4.78 is 0. The lowest BCUT2D eigenvalue weighted by molar-refractivity contribution is 0.490. The number of aromatic nitrogens is 2. The number of hydrogen-bond acceptors (Lipinski definition) is 4. The number of hydrazone groups is 1. The first-order valence-corrected chi connectivity index (χ1v) is 5.82. The molecule has 5 nitrogen and oxygen atoms in total. The van der Waals surface area contributed by atoms with E-state index in [1.807, 2.05) is 58.7 Å². The Bertz CT molecular complexity index is 694. The van der Waals surface area contributed by atoms with Gasteiger partial charge < -0.3 is 4.90 Å². The van der Waals surface area contributed by atoms with Crippen LogP contribution in [0, 0.1) is 0 Å². The van der Waals surface area contributed by atoms with Crippen LogP contribution < -0.4 is 5.12 Å². The minimum Gasteiger partial charge on any atom is -0.310 e. The Morgan fingerprint density at radius 1 is 1.11 bits per heavy atom. The molecule has 0 spiro atoms. The summed E-state index contributed by atoms with van der Waals surface area (Å²) >= 11 is 0. The van der Waals surface area contributed by atoms with Crippen molar-refractivity contribution in [3.05, 3.63) is 54.9 Å². The average molecular weight is 237 g/mol. The normalized spacial score (nSPS) is 17.4. The fourth-order valence-electron chi connectivity index (χ4n) is 2.21. The van der Waals surface area contributed by atoms with Crippen LogP contribution in [-0.4, -0.2) is 27.3 Å². The Morgan fingerprint density at radius 2 is 2.06 bits per heavy atom. The molecule has 1 aromatic carbocycles. The number of nitrogens with zero attached hydrogens (tertiary/aromatic N) is 5. The number of amidine groups is 1. The molecule has 0 N–H and O–H groups in total. The molecule has 0 amide bonds. The second-order valence-electron chi connectivity index (χ2n) is 4.24. The van der Waals surface area contributed by atoms with Crippen LogP contribution in [0.15, 0.2) is 60.0 Å². The topological polar surface area (TPSA) is 36.7 Å². The highest BCUT2D eigenvalue weighted by atomic mass is 15.8. The number of rotatable bonds is 1. The molecule has 0 unspecified atom stereocenters. The summed E-state index contributed by atoms with van der Waals surface area (Å²) in [5.41, 5.74) is 1.06. The van der Waals surface area contributed by atoms with Crippen molar-refractivity contribution in [3.63, 3.8) is 0 Å². The number of fused-ring (bicyclic) bond motifs is 2. The van der Waals surface area contributed by atoms with E-state index in [9.17, 15) is 0 Å². The number of hydrogen-bond donors (Lipinski definition) is 0. The van der Waals surface area contributed by atoms with Gasteiger partial charge in [0.2, 0.25) is 0 Å². The molecular weight excluding hydrogens is 226 g/mol. The van der Waals surface area contributed by atoms with E-state index in [4.69, 9.17) is 0 Å². The summed E-state index contributed by atoms with van der Waals surface area (Å²) in [6.45, 7) is 0.682. The molecule has 0 fully saturated rings. The quantitative estimate of drug-likeness (QED) is 0.756. The van der Waals surface area contributed by atoms with Crippen molar-refractivity contribution in [3.8, 4) is 0 Å². The van der Waals surface area contributed by atoms with E-state index in [0.717, 1.165) is 16.7 Å². The molecule has 88 valence electrons. The third kappa shape index (κ3) is 1.27. The highest BCUT2D eigenvalue weighted by Gasteiger charge is 2.22. The lowest BCUT2D eigenvalue weighted by atomic mass is 10.3. The molecule has 2 aliphatic heterocycles. The summed E-state index contributed by atoms with van der Waals surface area (Å²) in [6.07, 6.45) is 9.86. The van der Waals surface area contributed by atoms with Crippen molar-refractivity contribution in [2.75, 3.05) is 11.8 Å². The Labute approximate surface area is 104 Å². The molecule has 0 saturated heterocycles. The van der Waals surface area contributed by atoms with Crippen molar-refractivity contribution < 1.29 is 0 Å². The molecular formula is C13H11N5. The SMILES string of the molecule is C1=CC2=NN(n3ncc4ccccc43)CN2C=C1. The van der Waals surface area contributed by atoms with Gasteiger partial charge in [-0.2, -0.15) is 15.0 Å². The van der Waals surface area contributed by atoms with Crippen LogP contribution in [-0.2, 0) is 0 Å². The zero-order valence-corrected chi connectivity index (χ0v) is 9.64. The van der Waals surface area contributed by atoms with Gasteiger partial charge in [-0.05, 0) is 18.2 Å². The maximum atomic E-state index is 4.54. The minimum atomic E-state index is 0.682. The monoisotopic (exact) mass is 237 g/mol. The van der Waals surface area contributed by atoms with Crippen molar-refractivity contribution in [2.45, 2.75) is 0 Å². The zero-order valence-electron chi connectivity index (χ0n) is 9.64. The van der Waals surface area contributed by atoms with E-state index >= 15 is 0 Å². The molecule has 4 rings (SSSR count). The van der Waals surface area contributed by atoms with Crippen LogP contribution in [0.1, 0.15) is 0 Å². The predicted octanol–water partition coefficient (Wildman–Crippen LogP) is 1.64. The van der Waals surface area contributed by atoms with Gasteiger partial charge in [0.15, 0.2) is 5.84 Å². The molecule has 18 heavy (non-hydrogen) atoms. The first-order chi connectivity index (χ1) is 8.92. The third-order valence-electron chi connectivity index (χ3n) is 3.09. The first-order valence-electron chi connectivity index (χ1n) is 5.82. The number of benzene rings is 1. The number of allylic oxidation sites excluding steroid dienone is 2. The van der Waals surface area contributed by atoms with Crippen LogP contribution in [0.3, 0.4) is 0 Å². The average Bonchev–Trinajstić information content (AvgIpc) is 3.02. The highest BCUT2D eigenvalue weighted by molar-refractivity contribution is 5.96. The largest absolute Gasteiger partial charge is 0.310 e. The van der Waals surface area contributed by atoms with Crippen molar-refractivity contribution >= 4 is 16.7 Å². The van der Waals surface area contributed by atoms with Gasteiger partial charge in [0.25, 0.3) is 0 Å². The summed E-state index contributed by atoms with van der Waals surface area (Å²) in [4.78, 5) is 3.92. The molecule has 0 saturated carbocycles. The van der Waals surface area contributed by atoms with Crippen molar-refractivity contribution in [1.29, 1.82) is 0 Å². The summed E-state index contributed by atoms with van der Waals surface area (Å²) in [6, 6.07) is 8.12. The third-order valence-corrected chi connectivity index (χ3v) is 3.09. The molecule has 5 heteroatoms. The molecule has 0 aliphatic carbocycles. The van der Waals surface area contributed by atoms with Gasteiger partial charge in [-0.3, -0.25) is 0 Å². The van der Waals surface area contributed by atoms with Gasteiger partial charge >= 0.3 is 0 Å². The standard InChI is InChI=1S/C13H11N5/c1-2-6-12-11(5-1)9-14-18(12)17-10-16-8-4-3-7-13(16)15-17/h1-9H,10H2. The van der Waals surface area contributed by atoms with Crippen molar-refractivity contribution in [2.24, 2.45) is 5.10 Å². The maximum absolute atomic E-state index is 4.54. The highest BCUT2D eigenvalue weighted by Crippen LogP contribution is 2.17. The van der Waals surface area contributed by atoms with Gasteiger partial charge in [0.1, 0.15) is 6.67 Å². The molecule has 0 radical (unpaired) electrons. The van der Waals surface area contributed by atoms with Gasteiger partial charge in [-0.15, -0.1) is 5.10 Å². The van der Waals surface area contributed by atoms with E-state index in [1.54, 1.807) is 0 Å². The van der Waals surface area contributed by atoms with E-state index in [2.05, 4.69) is 21.2 Å². The van der Waals surface area contributed by atoms with Crippen LogP contribution in [0.4, 0.5) is 0 Å². The second-order valence-corrected chi connectivity index (χ2v) is 4.24. The molecule has 2 aromatic rings. The van der Waals surface area contributed by atoms with Gasteiger partial charge in [-0.1, -0.05) is 24.3 Å². The van der Waals surface area contributed by atoms with Crippen molar-refractivity contribution in [1.82, 2.24) is 14.8 Å². The molecule has 0 atom stereocenters.